The van der Waals surface area contributed by atoms with E-state index >= 15 is 0 Å². The Hall–Kier alpha value is -0.360. The van der Waals surface area contributed by atoms with Crippen molar-refractivity contribution in [2.45, 2.75) is 20.1 Å². The van der Waals surface area contributed by atoms with Crippen LogP contribution in [-0.2, 0) is 13.2 Å². The first-order valence-electron chi connectivity index (χ1n) is 6.66. The summed E-state index contributed by atoms with van der Waals surface area (Å²) in [5, 5.41) is 3.32. The lowest BCUT2D eigenvalue weighted by Crippen LogP contribution is -2.11. The van der Waals surface area contributed by atoms with Gasteiger partial charge in [0.05, 0.1) is 4.47 Å². The molecule has 5 heteroatoms. The van der Waals surface area contributed by atoms with Crippen LogP contribution >= 0.6 is 47.8 Å². The number of halogens is 3. The Bertz CT molecular complexity index is 616. The number of rotatable bonds is 6. The zero-order valence-electron chi connectivity index (χ0n) is 11.6. The summed E-state index contributed by atoms with van der Waals surface area (Å²) in [6, 6.07) is 12.3. The second kappa shape index (κ2) is 8.32. The van der Waals surface area contributed by atoms with E-state index in [1.165, 1.54) is 5.56 Å². The van der Waals surface area contributed by atoms with E-state index in [1.54, 1.807) is 0 Å². The quantitative estimate of drug-likeness (QED) is 0.579. The lowest BCUT2D eigenvalue weighted by molar-refractivity contribution is 0.303. The Balaban J connectivity index is 2.02. The minimum Gasteiger partial charge on any atom is -0.488 e. The molecule has 112 valence electrons. The maximum atomic E-state index is 5.87. The molecule has 2 aromatic rings. The first-order valence-corrected chi connectivity index (χ1v) is 9.04. The van der Waals surface area contributed by atoms with Crippen LogP contribution in [0.3, 0.4) is 0 Å². The van der Waals surface area contributed by atoms with Crippen LogP contribution in [-0.4, -0.2) is 6.54 Å². The molecule has 0 aliphatic rings. The molecule has 0 saturated heterocycles. The minimum atomic E-state index is 0.530. The van der Waals surface area contributed by atoms with Crippen molar-refractivity contribution in [1.29, 1.82) is 0 Å². The number of nitrogens with one attached hydrogen (secondary N) is 1. The third kappa shape index (κ3) is 5.09. The summed E-state index contributed by atoms with van der Waals surface area (Å²) in [7, 11) is 0. The van der Waals surface area contributed by atoms with Crippen molar-refractivity contribution in [3.8, 4) is 5.75 Å². The van der Waals surface area contributed by atoms with Gasteiger partial charge in [-0.2, -0.15) is 0 Å². The molecule has 2 nitrogen and oxygen atoms in total. The van der Waals surface area contributed by atoms with Gasteiger partial charge in [-0.05, 0) is 52.3 Å². The largest absolute Gasteiger partial charge is 0.488 e. The third-order valence-corrected chi connectivity index (χ3v) is 4.82. The van der Waals surface area contributed by atoms with E-state index in [9.17, 15) is 0 Å². The molecular weight excluding hydrogens is 462 g/mol. The van der Waals surface area contributed by atoms with E-state index in [4.69, 9.17) is 4.74 Å². The molecule has 0 amide bonds. The smallest absolute Gasteiger partial charge is 0.134 e. The molecular formula is C16H16Br3NO. The molecule has 0 aliphatic carbocycles. The Morgan fingerprint density at radius 3 is 2.48 bits per heavy atom. The Morgan fingerprint density at radius 1 is 1.00 bits per heavy atom. The van der Waals surface area contributed by atoms with Crippen molar-refractivity contribution in [2.24, 2.45) is 0 Å². The summed E-state index contributed by atoms with van der Waals surface area (Å²) in [6.07, 6.45) is 0. The van der Waals surface area contributed by atoms with Crippen LogP contribution in [0.25, 0.3) is 0 Å². The highest BCUT2D eigenvalue weighted by atomic mass is 79.9. The van der Waals surface area contributed by atoms with Crippen molar-refractivity contribution in [3.05, 3.63) is 60.9 Å². The molecule has 0 atom stereocenters. The van der Waals surface area contributed by atoms with Crippen molar-refractivity contribution in [3.63, 3.8) is 0 Å². The maximum Gasteiger partial charge on any atom is 0.134 e. The normalized spacial score (nSPS) is 10.7. The van der Waals surface area contributed by atoms with Crippen LogP contribution in [0.1, 0.15) is 18.1 Å². The highest BCUT2D eigenvalue weighted by Crippen LogP contribution is 2.29. The average molecular weight is 478 g/mol. The molecule has 0 aliphatic heterocycles. The molecule has 0 unspecified atom stereocenters. The minimum absolute atomic E-state index is 0.530. The second-order valence-electron chi connectivity index (χ2n) is 4.57. The summed E-state index contributed by atoms with van der Waals surface area (Å²) in [6.45, 7) is 4.49. The van der Waals surface area contributed by atoms with Gasteiger partial charge in [0, 0.05) is 21.1 Å². The van der Waals surface area contributed by atoms with Crippen molar-refractivity contribution in [2.75, 3.05) is 6.54 Å². The van der Waals surface area contributed by atoms with Gasteiger partial charge in [0.25, 0.3) is 0 Å². The molecule has 2 rings (SSSR count). The molecule has 0 bridgehead atoms. The number of hydrogen-bond donors (Lipinski definition) is 1. The van der Waals surface area contributed by atoms with Gasteiger partial charge in [0.2, 0.25) is 0 Å². The van der Waals surface area contributed by atoms with E-state index in [2.05, 4.69) is 78.2 Å². The second-order valence-corrected chi connectivity index (χ2v) is 7.19. The molecule has 0 radical (unpaired) electrons. The van der Waals surface area contributed by atoms with E-state index in [-0.39, 0.29) is 0 Å². The Labute approximate surface area is 150 Å². The van der Waals surface area contributed by atoms with Gasteiger partial charge in [-0.3, -0.25) is 0 Å². The number of benzene rings is 2. The van der Waals surface area contributed by atoms with Crippen molar-refractivity contribution in [1.82, 2.24) is 5.32 Å². The van der Waals surface area contributed by atoms with Crippen LogP contribution in [0.15, 0.2) is 49.8 Å². The zero-order chi connectivity index (χ0) is 15.2. The van der Waals surface area contributed by atoms with E-state index in [0.717, 1.165) is 37.8 Å². The van der Waals surface area contributed by atoms with Gasteiger partial charge in [0.1, 0.15) is 12.4 Å². The molecule has 0 saturated carbocycles. The Kier molecular flexibility index (Phi) is 6.74. The van der Waals surface area contributed by atoms with Crippen LogP contribution in [0.5, 0.6) is 5.75 Å². The number of ether oxygens (including phenoxy) is 1. The summed E-state index contributed by atoms with van der Waals surface area (Å²) in [4.78, 5) is 0. The predicted molar refractivity (Wildman–Crippen MR) is 97.7 cm³/mol. The fraction of sp³-hybridized carbons (Fsp3) is 0.250. The van der Waals surface area contributed by atoms with Crippen LogP contribution in [0.4, 0.5) is 0 Å². The predicted octanol–water partition coefficient (Wildman–Crippen LogP) is 5.66. The van der Waals surface area contributed by atoms with Gasteiger partial charge in [-0.25, -0.2) is 0 Å². The van der Waals surface area contributed by atoms with E-state index in [1.807, 2.05) is 18.2 Å². The maximum absolute atomic E-state index is 5.87. The van der Waals surface area contributed by atoms with Crippen LogP contribution < -0.4 is 10.1 Å². The summed E-state index contributed by atoms with van der Waals surface area (Å²) < 4.78 is 8.91. The number of hydrogen-bond acceptors (Lipinski definition) is 2. The highest BCUT2D eigenvalue weighted by molar-refractivity contribution is 9.11. The fourth-order valence-corrected chi connectivity index (χ4v) is 3.54. The molecule has 2 aromatic carbocycles. The molecule has 21 heavy (non-hydrogen) atoms. The molecule has 0 spiro atoms. The monoisotopic (exact) mass is 475 g/mol. The zero-order valence-corrected chi connectivity index (χ0v) is 16.4. The van der Waals surface area contributed by atoms with Gasteiger partial charge < -0.3 is 10.1 Å². The van der Waals surface area contributed by atoms with E-state index in [0.29, 0.717) is 6.61 Å². The van der Waals surface area contributed by atoms with Crippen LogP contribution in [0, 0.1) is 0 Å². The molecule has 0 fully saturated rings. The lowest BCUT2D eigenvalue weighted by Gasteiger charge is -2.11. The first kappa shape index (κ1) is 17.0. The fourth-order valence-electron chi connectivity index (χ4n) is 1.83. The lowest BCUT2D eigenvalue weighted by atomic mass is 10.1. The van der Waals surface area contributed by atoms with Crippen LogP contribution in [0.2, 0.25) is 0 Å². The molecule has 1 N–H and O–H groups in total. The van der Waals surface area contributed by atoms with Gasteiger partial charge >= 0.3 is 0 Å². The Morgan fingerprint density at radius 2 is 1.81 bits per heavy atom. The molecule has 0 heterocycles. The van der Waals surface area contributed by atoms with Gasteiger partial charge in [-0.1, -0.05) is 50.9 Å². The first-order chi connectivity index (χ1) is 10.1. The van der Waals surface area contributed by atoms with Gasteiger partial charge in [0.15, 0.2) is 0 Å². The van der Waals surface area contributed by atoms with E-state index < -0.39 is 0 Å². The molecule has 0 aromatic heterocycles. The van der Waals surface area contributed by atoms with Gasteiger partial charge in [-0.15, -0.1) is 0 Å². The average Bonchev–Trinajstić information content (AvgIpc) is 2.45. The van der Waals surface area contributed by atoms with Crippen molar-refractivity contribution < 1.29 is 4.74 Å². The summed E-state index contributed by atoms with van der Waals surface area (Å²) in [5.74, 6) is 0.835. The SMILES string of the molecule is CCNCc1ccc(COc2ccc(Br)cc2Br)c(Br)c1. The summed E-state index contributed by atoms with van der Waals surface area (Å²) in [5.41, 5.74) is 2.39. The standard InChI is InChI=1S/C16H16Br3NO/c1-2-20-9-11-3-4-12(14(18)7-11)10-21-16-6-5-13(17)8-15(16)19/h3-8,20H,2,9-10H2,1H3. The highest BCUT2D eigenvalue weighted by Gasteiger charge is 2.05. The third-order valence-electron chi connectivity index (χ3n) is 2.97. The topological polar surface area (TPSA) is 21.3 Å². The van der Waals surface area contributed by atoms with Crippen molar-refractivity contribution >= 4 is 47.8 Å². The summed E-state index contributed by atoms with van der Waals surface area (Å²) >= 11 is 10.6.